The van der Waals surface area contributed by atoms with Gasteiger partial charge in [0.05, 0.1) is 4.90 Å². The maximum Gasteiger partial charge on any atom is 0.362 e. The zero-order valence-electron chi connectivity index (χ0n) is 8.36. The van der Waals surface area contributed by atoms with Gasteiger partial charge in [-0.2, -0.15) is 13.2 Å². The van der Waals surface area contributed by atoms with Crippen LogP contribution in [0.2, 0.25) is 0 Å². The van der Waals surface area contributed by atoms with Gasteiger partial charge in [0.15, 0.2) is 0 Å². The molecule has 17 heavy (non-hydrogen) atoms. The molecule has 0 radical (unpaired) electrons. The molecule has 1 aromatic carbocycles. The molecule has 0 unspecified atom stereocenters. The monoisotopic (exact) mass is 250 g/mol. The summed E-state index contributed by atoms with van der Waals surface area (Å²) in [7, 11) is -4.36. The van der Waals surface area contributed by atoms with E-state index in [1.807, 2.05) is 0 Å². The van der Waals surface area contributed by atoms with E-state index < -0.39 is 15.9 Å². The van der Waals surface area contributed by atoms with E-state index in [2.05, 4.69) is 4.79 Å². The third kappa shape index (κ3) is 1.94. The van der Waals surface area contributed by atoms with Gasteiger partial charge < -0.3 is 5.53 Å². The van der Waals surface area contributed by atoms with E-state index in [1.54, 1.807) is 0 Å². The molecule has 1 N–H and O–H groups in total. The number of benzene rings is 1. The van der Waals surface area contributed by atoms with Crippen LogP contribution in [0, 0.1) is 0 Å². The van der Waals surface area contributed by atoms with Crippen molar-refractivity contribution in [3.05, 3.63) is 40.9 Å². The summed E-state index contributed by atoms with van der Waals surface area (Å²) in [5, 5.41) is 0. The second-order valence-corrected chi connectivity index (χ2v) is 4.79. The van der Waals surface area contributed by atoms with Crippen LogP contribution in [-0.4, -0.2) is 29.3 Å². The lowest BCUT2D eigenvalue weighted by molar-refractivity contribution is -0.00435. The molecule has 0 amide bonds. The topological polar surface area (TPSA) is 108 Å². The summed E-state index contributed by atoms with van der Waals surface area (Å²) >= 11 is 0. The number of hydrogen-bond donors (Lipinski definition) is 1. The number of Topliss-reactive ketones (excluding diaryl/α,β-unsaturated/α-hetero) is 1. The van der Waals surface area contributed by atoms with Crippen LogP contribution in [0.3, 0.4) is 0 Å². The zero-order chi connectivity index (χ0) is 12.6. The molecule has 2 rings (SSSR count). The number of hydrogen-bond acceptors (Lipinski definition) is 3. The molecule has 6 nitrogen and oxygen atoms in total. The van der Waals surface area contributed by atoms with Gasteiger partial charge in [-0.15, -0.1) is 0 Å². The zero-order valence-corrected chi connectivity index (χ0v) is 9.18. The van der Waals surface area contributed by atoms with Crippen molar-refractivity contribution in [1.82, 2.24) is 0 Å². The fourth-order valence-corrected chi connectivity index (χ4v) is 2.01. The molecule has 0 aromatic heterocycles. The second-order valence-electron chi connectivity index (χ2n) is 3.37. The lowest BCUT2D eigenvalue weighted by atomic mass is 9.95. The SMILES string of the molecule is [N-]=[N+]=C1C=Cc2ccc(S(=O)(=O)O)cc2C1=O. The number of fused-ring (bicyclic) bond motifs is 1. The Labute approximate surface area is 96.6 Å². The Balaban J connectivity index is 2.70. The predicted octanol–water partition coefficient (Wildman–Crippen LogP) is 0.814. The molecule has 1 aromatic rings. The van der Waals surface area contributed by atoms with Gasteiger partial charge in [-0.3, -0.25) is 9.35 Å². The summed E-state index contributed by atoms with van der Waals surface area (Å²) < 4.78 is 30.7. The highest BCUT2D eigenvalue weighted by atomic mass is 32.2. The number of allylic oxidation sites excluding steroid dienone is 1. The predicted molar refractivity (Wildman–Crippen MR) is 58.2 cm³/mol. The lowest BCUT2D eigenvalue weighted by Gasteiger charge is -2.07. The molecule has 0 aliphatic heterocycles. The Hall–Kier alpha value is -2.08. The average Bonchev–Trinajstić information content (AvgIpc) is 2.28. The molecule has 86 valence electrons. The minimum absolute atomic E-state index is 0.0652. The van der Waals surface area contributed by atoms with Gasteiger partial charge in [0.25, 0.3) is 15.9 Å². The molecule has 0 bridgehead atoms. The number of ketones is 1. The summed E-state index contributed by atoms with van der Waals surface area (Å²) in [4.78, 5) is 14.1. The van der Waals surface area contributed by atoms with Gasteiger partial charge >= 0.3 is 5.71 Å². The van der Waals surface area contributed by atoms with Crippen LogP contribution < -0.4 is 0 Å². The van der Waals surface area contributed by atoms with Crippen LogP contribution >= 0.6 is 0 Å². The van der Waals surface area contributed by atoms with Crippen LogP contribution in [0.25, 0.3) is 11.6 Å². The Morgan fingerprint density at radius 2 is 1.94 bits per heavy atom. The molecule has 0 saturated heterocycles. The molecule has 0 atom stereocenters. The number of nitrogens with zero attached hydrogens (tertiary/aromatic N) is 2. The molecule has 0 saturated carbocycles. The van der Waals surface area contributed by atoms with E-state index >= 15 is 0 Å². The average molecular weight is 250 g/mol. The van der Waals surface area contributed by atoms with E-state index in [1.165, 1.54) is 24.3 Å². The largest absolute Gasteiger partial charge is 0.362 e. The van der Waals surface area contributed by atoms with Gasteiger partial charge in [-0.05, 0) is 23.8 Å². The molecule has 7 heteroatoms. The molecule has 1 aliphatic carbocycles. The highest BCUT2D eigenvalue weighted by Crippen LogP contribution is 2.21. The van der Waals surface area contributed by atoms with Gasteiger partial charge in [0.2, 0.25) is 0 Å². The molecule has 1 aliphatic rings. The molecule has 0 fully saturated rings. The van der Waals surface area contributed by atoms with Crippen LogP contribution in [0.5, 0.6) is 0 Å². The standard InChI is InChI=1S/C10H6N2O4S/c11-12-9-4-2-6-1-3-7(17(14,15)16)5-8(6)10(9)13/h1-5H,(H,14,15,16). The van der Waals surface area contributed by atoms with Crippen molar-refractivity contribution in [3.63, 3.8) is 0 Å². The van der Waals surface area contributed by atoms with Crippen LogP contribution in [0.1, 0.15) is 15.9 Å². The lowest BCUT2D eigenvalue weighted by Crippen LogP contribution is -2.18. The van der Waals surface area contributed by atoms with Crippen molar-refractivity contribution in [1.29, 1.82) is 0 Å². The first-order valence-electron chi connectivity index (χ1n) is 4.50. The van der Waals surface area contributed by atoms with Crippen molar-refractivity contribution in [2.24, 2.45) is 0 Å². The summed E-state index contributed by atoms with van der Waals surface area (Å²) in [6.07, 6.45) is 2.83. The van der Waals surface area contributed by atoms with Gasteiger partial charge in [-0.1, -0.05) is 6.07 Å². The fourth-order valence-electron chi connectivity index (χ4n) is 1.50. The van der Waals surface area contributed by atoms with Crippen LogP contribution in [-0.2, 0) is 10.1 Å². The van der Waals surface area contributed by atoms with Crippen molar-refractivity contribution in [2.45, 2.75) is 4.90 Å². The number of carbonyl (C=O) groups is 1. The van der Waals surface area contributed by atoms with E-state index in [-0.39, 0.29) is 16.2 Å². The first-order valence-corrected chi connectivity index (χ1v) is 5.94. The van der Waals surface area contributed by atoms with E-state index in [0.717, 1.165) is 6.07 Å². The van der Waals surface area contributed by atoms with Gasteiger partial charge in [0, 0.05) is 11.6 Å². The van der Waals surface area contributed by atoms with Crippen LogP contribution in [0.4, 0.5) is 0 Å². The Kier molecular flexibility index (Phi) is 2.51. The fraction of sp³-hybridized carbons (Fsp3) is 0. The highest BCUT2D eigenvalue weighted by Gasteiger charge is 2.27. The third-order valence-electron chi connectivity index (χ3n) is 2.33. The Morgan fingerprint density at radius 3 is 2.53 bits per heavy atom. The van der Waals surface area contributed by atoms with Crippen molar-refractivity contribution < 1.29 is 22.6 Å². The Bertz CT molecular complexity index is 697. The maximum atomic E-state index is 11.7. The number of rotatable bonds is 1. The summed E-state index contributed by atoms with van der Waals surface area (Å²) in [6, 6.07) is 3.62. The second kappa shape index (κ2) is 3.74. The summed E-state index contributed by atoms with van der Waals surface area (Å²) in [6.45, 7) is 0. The first kappa shape index (κ1) is 11.4. The van der Waals surface area contributed by atoms with Gasteiger partial charge in [-0.25, -0.2) is 0 Å². The summed E-state index contributed by atoms with van der Waals surface area (Å²) in [5.41, 5.74) is 8.94. The molecule has 0 heterocycles. The van der Waals surface area contributed by atoms with Crippen LogP contribution in [0.15, 0.2) is 29.2 Å². The third-order valence-corrected chi connectivity index (χ3v) is 3.18. The minimum atomic E-state index is -4.36. The molecular formula is C10H6N2O4S. The van der Waals surface area contributed by atoms with Gasteiger partial charge in [0.1, 0.15) is 0 Å². The quantitative estimate of drug-likeness (QED) is 0.452. The van der Waals surface area contributed by atoms with Crippen molar-refractivity contribution >= 4 is 27.7 Å². The highest BCUT2D eigenvalue weighted by molar-refractivity contribution is 7.85. The molecule has 0 spiro atoms. The maximum absolute atomic E-state index is 11.7. The smallest absolute Gasteiger partial charge is 0.361 e. The van der Waals surface area contributed by atoms with E-state index in [9.17, 15) is 13.2 Å². The first-order chi connectivity index (χ1) is 7.93. The number of carbonyl (C=O) groups excluding carboxylic acids is 1. The Morgan fingerprint density at radius 1 is 1.24 bits per heavy atom. The summed E-state index contributed by atoms with van der Waals surface area (Å²) in [5.74, 6) is -0.601. The van der Waals surface area contributed by atoms with Crippen molar-refractivity contribution in [2.75, 3.05) is 0 Å². The minimum Gasteiger partial charge on any atom is -0.361 e. The van der Waals surface area contributed by atoms with E-state index in [0.29, 0.717) is 5.56 Å². The normalized spacial score (nSPS) is 14.4. The van der Waals surface area contributed by atoms with Crippen molar-refractivity contribution in [3.8, 4) is 0 Å². The molecular weight excluding hydrogens is 244 g/mol. The van der Waals surface area contributed by atoms with E-state index in [4.69, 9.17) is 10.1 Å².